The van der Waals surface area contributed by atoms with Crippen LogP contribution in [0.5, 0.6) is 0 Å². The molecule has 1 unspecified atom stereocenters. The van der Waals surface area contributed by atoms with Crippen LogP contribution in [0, 0.1) is 13.8 Å². The molecule has 0 saturated heterocycles. The smallest absolute Gasteiger partial charge is 0.244 e. The summed E-state index contributed by atoms with van der Waals surface area (Å²) < 4.78 is 27.3. The van der Waals surface area contributed by atoms with Gasteiger partial charge in [0.05, 0.1) is 11.9 Å². The molecular formula is C24H32BrN3O4S. The lowest BCUT2D eigenvalue weighted by Gasteiger charge is -2.32. The Morgan fingerprint density at radius 1 is 1.03 bits per heavy atom. The number of sulfonamides is 1. The summed E-state index contributed by atoms with van der Waals surface area (Å²) in [5, 5.41) is 2.83. The Morgan fingerprint density at radius 3 is 2.18 bits per heavy atom. The van der Waals surface area contributed by atoms with E-state index in [1.807, 2.05) is 58.0 Å². The number of nitrogens with zero attached hydrogens (tertiary/aromatic N) is 2. The summed E-state index contributed by atoms with van der Waals surface area (Å²) >= 11 is 3.39. The lowest BCUT2D eigenvalue weighted by atomic mass is 10.1. The normalized spacial score (nSPS) is 12.4. The maximum atomic E-state index is 13.5. The van der Waals surface area contributed by atoms with Crippen LogP contribution in [0.4, 0.5) is 5.69 Å². The van der Waals surface area contributed by atoms with Crippen LogP contribution >= 0.6 is 15.9 Å². The molecule has 0 aliphatic heterocycles. The summed E-state index contributed by atoms with van der Waals surface area (Å²) in [4.78, 5) is 27.7. The van der Waals surface area contributed by atoms with Gasteiger partial charge in [-0.1, -0.05) is 40.2 Å². The molecule has 1 N–H and O–H groups in total. The zero-order chi connectivity index (χ0) is 24.9. The molecule has 0 fully saturated rings. The molecule has 2 aromatic rings. The van der Waals surface area contributed by atoms with Crippen molar-refractivity contribution in [1.29, 1.82) is 0 Å². The van der Waals surface area contributed by atoms with E-state index in [9.17, 15) is 18.0 Å². The monoisotopic (exact) mass is 537 g/mol. The Morgan fingerprint density at radius 2 is 1.64 bits per heavy atom. The third kappa shape index (κ3) is 7.30. The van der Waals surface area contributed by atoms with E-state index in [0.717, 1.165) is 31.7 Å². The van der Waals surface area contributed by atoms with E-state index >= 15 is 0 Å². The summed E-state index contributed by atoms with van der Waals surface area (Å²) in [6.45, 7) is 8.82. The van der Waals surface area contributed by atoms with E-state index < -0.39 is 28.5 Å². The van der Waals surface area contributed by atoms with E-state index in [1.54, 1.807) is 19.1 Å². The van der Waals surface area contributed by atoms with Crippen molar-refractivity contribution in [2.45, 2.75) is 53.2 Å². The van der Waals surface area contributed by atoms with Crippen molar-refractivity contribution in [3.05, 3.63) is 63.6 Å². The molecule has 0 spiro atoms. The second kappa shape index (κ2) is 11.2. The van der Waals surface area contributed by atoms with Crippen LogP contribution in [0.3, 0.4) is 0 Å². The summed E-state index contributed by atoms with van der Waals surface area (Å²) in [5.74, 6) is -0.760. The van der Waals surface area contributed by atoms with Gasteiger partial charge in [0.1, 0.15) is 12.6 Å². The number of halogens is 1. The fourth-order valence-corrected chi connectivity index (χ4v) is 4.54. The third-order valence-electron chi connectivity index (χ3n) is 5.39. The van der Waals surface area contributed by atoms with Gasteiger partial charge in [-0.15, -0.1) is 0 Å². The van der Waals surface area contributed by atoms with Crippen molar-refractivity contribution >= 4 is 43.5 Å². The Hall–Kier alpha value is -2.39. The number of hydrogen-bond acceptors (Lipinski definition) is 4. The first-order valence-electron chi connectivity index (χ1n) is 10.7. The minimum atomic E-state index is -3.75. The van der Waals surface area contributed by atoms with Crippen LogP contribution in [-0.2, 0) is 26.2 Å². The van der Waals surface area contributed by atoms with Gasteiger partial charge >= 0.3 is 0 Å². The van der Waals surface area contributed by atoms with E-state index in [0.29, 0.717) is 5.69 Å². The highest BCUT2D eigenvalue weighted by atomic mass is 79.9. The number of rotatable bonds is 9. The Balaban J connectivity index is 2.43. The topological polar surface area (TPSA) is 86.8 Å². The van der Waals surface area contributed by atoms with Crippen LogP contribution in [0.25, 0.3) is 0 Å². The fraction of sp³-hybridized carbons (Fsp3) is 0.417. The number of anilines is 1. The van der Waals surface area contributed by atoms with Gasteiger partial charge in [-0.3, -0.25) is 13.9 Å². The quantitative estimate of drug-likeness (QED) is 0.527. The number of carbonyl (C=O) groups excluding carboxylic acids is 2. The van der Waals surface area contributed by atoms with Crippen LogP contribution in [0.1, 0.15) is 37.5 Å². The molecule has 0 aromatic heterocycles. The van der Waals surface area contributed by atoms with Crippen molar-refractivity contribution in [2.24, 2.45) is 0 Å². The first-order chi connectivity index (χ1) is 15.3. The molecule has 0 bridgehead atoms. The van der Waals surface area contributed by atoms with Gasteiger partial charge in [-0.2, -0.15) is 0 Å². The van der Waals surface area contributed by atoms with Gasteiger partial charge in [-0.25, -0.2) is 8.42 Å². The molecule has 2 aromatic carbocycles. The van der Waals surface area contributed by atoms with Crippen molar-refractivity contribution in [3.63, 3.8) is 0 Å². The van der Waals surface area contributed by atoms with Gasteiger partial charge in [0.15, 0.2) is 0 Å². The third-order valence-corrected chi connectivity index (χ3v) is 7.04. The maximum Gasteiger partial charge on any atom is 0.244 e. The molecular weight excluding hydrogens is 506 g/mol. The molecule has 1 atom stereocenters. The number of amides is 2. The molecule has 2 amide bonds. The predicted molar refractivity (Wildman–Crippen MR) is 136 cm³/mol. The van der Waals surface area contributed by atoms with Crippen molar-refractivity contribution in [2.75, 3.05) is 17.1 Å². The lowest BCUT2D eigenvalue weighted by Crippen LogP contribution is -2.52. The molecule has 9 heteroatoms. The van der Waals surface area contributed by atoms with Crippen molar-refractivity contribution in [1.82, 2.24) is 10.2 Å². The van der Waals surface area contributed by atoms with E-state index in [2.05, 4.69) is 21.2 Å². The Bertz CT molecular complexity index is 1100. The van der Waals surface area contributed by atoms with Crippen LogP contribution in [-0.4, -0.2) is 50.0 Å². The SMILES string of the molecule is Cc1cccc(N(CC(=O)N(Cc2ccc(Br)cc2)C(C)C(=O)NC(C)C)S(C)(=O)=O)c1C. The average molecular weight is 539 g/mol. The fourth-order valence-electron chi connectivity index (χ4n) is 3.37. The number of benzene rings is 2. The Kier molecular flexibility index (Phi) is 9.08. The van der Waals surface area contributed by atoms with Gasteiger partial charge in [-0.05, 0) is 69.5 Å². The van der Waals surface area contributed by atoms with Gasteiger partial charge in [0, 0.05) is 17.1 Å². The molecule has 180 valence electrons. The molecule has 0 aliphatic carbocycles. The van der Waals surface area contributed by atoms with Crippen molar-refractivity contribution in [3.8, 4) is 0 Å². The standard InChI is InChI=1S/C24H32BrN3O4S/c1-16(2)26-24(30)19(5)27(14-20-10-12-21(25)13-11-20)23(29)15-28(33(6,31)32)22-9-7-8-17(3)18(22)4/h7-13,16,19H,14-15H2,1-6H3,(H,26,30). The second-order valence-corrected chi connectivity index (χ2v) is 11.3. The predicted octanol–water partition coefficient (Wildman–Crippen LogP) is 3.77. The highest BCUT2D eigenvalue weighted by molar-refractivity contribution is 9.10. The molecule has 33 heavy (non-hydrogen) atoms. The molecule has 0 aliphatic rings. The van der Waals surface area contributed by atoms with E-state index in [4.69, 9.17) is 0 Å². The zero-order valence-corrected chi connectivity index (χ0v) is 22.3. The van der Waals surface area contributed by atoms with E-state index in [-0.39, 0.29) is 18.5 Å². The highest BCUT2D eigenvalue weighted by Gasteiger charge is 2.30. The molecule has 0 heterocycles. The number of hydrogen-bond donors (Lipinski definition) is 1. The second-order valence-electron chi connectivity index (χ2n) is 8.48. The largest absolute Gasteiger partial charge is 0.352 e. The zero-order valence-electron chi connectivity index (χ0n) is 19.9. The summed E-state index contributed by atoms with van der Waals surface area (Å²) in [5.41, 5.74) is 2.98. The number of nitrogens with one attached hydrogen (secondary N) is 1. The van der Waals surface area contributed by atoms with Crippen LogP contribution < -0.4 is 9.62 Å². The first kappa shape index (κ1) is 26.9. The number of aryl methyl sites for hydroxylation is 1. The summed E-state index contributed by atoms with van der Waals surface area (Å²) in [7, 11) is -3.75. The highest BCUT2D eigenvalue weighted by Crippen LogP contribution is 2.25. The lowest BCUT2D eigenvalue weighted by molar-refractivity contribution is -0.139. The Labute approximate surface area is 205 Å². The molecule has 0 saturated carbocycles. The van der Waals surface area contributed by atoms with Gasteiger partial charge in [0.2, 0.25) is 21.8 Å². The minimum absolute atomic E-state index is 0.0907. The van der Waals surface area contributed by atoms with Gasteiger partial charge in [0.25, 0.3) is 0 Å². The number of carbonyl (C=O) groups is 2. The first-order valence-corrected chi connectivity index (χ1v) is 13.3. The maximum absolute atomic E-state index is 13.5. The van der Waals surface area contributed by atoms with Crippen LogP contribution in [0.15, 0.2) is 46.9 Å². The molecule has 7 nitrogen and oxygen atoms in total. The molecule has 0 radical (unpaired) electrons. The average Bonchev–Trinajstić information content (AvgIpc) is 2.72. The van der Waals surface area contributed by atoms with Gasteiger partial charge < -0.3 is 10.2 Å². The van der Waals surface area contributed by atoms with Crippen molar-refractivity contribution < 1.29 is 18.0 Å². The molecule has 2 rings (SSSR count). The minimum Gasteiger partial charge on any atom is -0.352 e. The summed E-state index contributed by atoms with van der Waals surface area (Å²) in [6.07, 6.45) is 1.08. The van der Waals surface area contributed by atoms with E-state index in [1.165, 1.54) is 4.90 Å². The summed E-state index contributed by atoms with van der Waals surface area (Å²) in [6, 6.07) is 11.9. The van der Waals surface area contributed by atoms with Crippen LogP contribution in [0.2, 0.25) is 0 Å².